The summed E-state index contributed by atoms with van der Waals surface area (Å²) in [5, 5.41) is 13.4. The highest BCUT2D eigenvalue weighted by Crippen LogP contribution is 2.65. The summed E-state index contributed by atoms with van der Waals surface area (Å²) in [5.41, 5.74) is 1.13. The topological polar surface area (TPSA) is 72.2 Å². The lowest BCUT2D eigenvalue weighted by Gasteiger charge is -2.04. The maximum atomic E-state index is 12.4. The van der Waals surface area contributed by atoms with E-state index in [0.29, 0.717) is 5.69 Å². The van der Waals surface area contributed by atoms with Crippen LogP contribution in [-0.2, 0) is 4.79 Å². The van der Waals surface area contributed by atoms with E-state index in [1.807, 2.05) is 30.3 Å². The first kappa shape index (κ1) is 15.8. The van der Waals surface area contributed by atoms with Gasteiger partial charge in [-0.3, -0.25) is 14.9 Å². The number of hydrogen-bond acceptors (Lipinski definition) is 3. The summed E-state index contributed by atoms with van der Waals surface area (Å²) < 4.78 is -1.17. The highest BCUT2D eigenvalue weighted by molar-refractivity contribution is 6.53. The monoisotopic (exact) mass is 350 g/mol. The molecule has 0 heterocycles. The first-order chi connectivity index (χ1) is 10.9. The molecule has 1 aliphatic rings. The number of carbonyl (C=O) groups excluding carboxylic acids is 1. The Balaban J connectivity index is 1.77. The van der Waals surface area contributed by atoms with Gasteiger partial charge in [-0.15, -0.1) is 23.2 Å². The molecule has 0 aliphatic heterocycles. The van der Waals surface area contributed by atoms with Crippen LogP contribution in [0.15, 0.2) is 54.6 Å². The fraction of sp³-hybridized carbons (Fsp3) is 0.188. The van der Waals surface area contributed by atoms with Crippen LogP contribution in [0, 0.1) is 16.0 Å². The van der Waals surface area contributed by atoms with Crippen LogP contribution >= 0.6 is 23.2 Å². The van der Waals surface area contributed by atoms with Crippen molar-refractivity contribution in [3.8, 4) is 0 Å². The summed E-state index contributed by atoms with van der Waals surface area (Å²) in [5.74, 6) is -1.26. The molecular weight excluding hydrogens is 339 g/mol. The van der Waals surface area contributed by atoms with E-state index in [2.05, 4.69) is 5.32 Å². The average molecular weight is 351 g/mol. The number of halogens is 2. The summed E-state index contributed by atoms with van der Waals surface area (Å²) in [7, 11) is 0. The number of hydrogen-bond donors (Lipinski definition) is 1. The van der Waals surface area contributed by atoms with E-state index in [9.17, 15) is 14.9 Å². The van der Waals surface area contributed by atoms with Crippen LogP contribution in [0.1, 0.15) is 11.5 Å². The Morgan fingerprint density at radius 3 is 2.48 bits per heavy atom. The van der Waals surface area contributed by atoms with Gasteiger partial charge in [0.05, 0.1) is 10.8 Å². The van der Waals surface area contributed by atoms with Crippen molar-refractivity contribution < 1.29 is 9.72 Å². The highest BCUT2D eigenvalue weighted by Gasteiger charge is 2.67. The quantitative estimate of drug-likeness (QED) is 0.512. The molecule has 1 N–H and O–H groups in total. The highest BCUT2D eigenvalue weighted by atomic mass is 35.5. The molecule has 1 fully saturated rings. The number of nitrogens with zero attached hydrogens (tertiary/aromatic N) is 1. The van der Waals surface area contributed by atoms with Crippen molar-refractivity contribution in [2.75, 3.05) is 5.32 Å². The van der Waals surface area contributed by atoms with Gasteiger partial charge >= 0.3 is 0 Å². The minimum atomic E-state index is -1.17. The van der Waals surface area contributed by atoms with Crippen LogP contribution in [0.25, 0.3) is 0 Å². The predicted octanol–water partition coefficient (Wildman–Crippen LogP) is 4.12. The van der Waals surface area contributed by atoms with Crippen molar-refractivity contribution in [2.24, 2.45) is 5.92 Å². The average Bonchev–Trinajstić information content (AvgIpc) is 3.11. The SMILES string of the molecule is O=C(Nc1cccc([N+](=O)[O-])c1)[C@@H]1[C@H](c2ccccc2)C1(Cl)Cl. The maximum Gasteiger partial charge on any atom is 0.271 e. The van der Waals surface area contributed by atoms with E-state index in [1.165, 1.54) is 18.2 Å². The third-order valence-electron chi connectivity index (χ3n) is 3.82. The third kappa shape index (κ3) is 3.02. The van der Waals surface area contributed by atoms with Gasteiger partial charge in [-0.25, -0.2) is 0 Å². The van der Waals surface area contributed by atoms with Gasteiger partial charge in [0.1, 0.15) is 4.33 Å². The van der Waals surface area contributed by atoms with E-state index in [4.69, 9.17) is 23.2 Å². The Labute approximate surface area is 142 Å². The van der Waals surface area contributed by atoms with Gasteiger partial charge < -0.3 is 5.32 Å². The predicted molar refractivity (Wildman–Crippen MR) is 88.8 cm³/mol. The lowest BCUT2D eigenvalue weighted by molar-refractivity contribution is -0.384. The van der Waals surface area contributed by atoms with E-state index < -0.39 is 15.2 Å². The van der Waals surface area contributed by atoms with Crippen molar-refractivity contribution in [2.45, 2.75) is 10.3 Å². The van der Waals surface area contributed by atoms with E-state index >= 15 is 0 Å². The number of nitrogens with one attached hydrogen (secondary N) is 1. The van der Waals surface area contributed by atoms with Crippen LogP contribution in [0.3, 0.4) is 0 Å². The van der Waals surface area contributed by atoms with Gasteiger partial charge in [-0.05, 0) is 11.6 Å². The molecule has 1 aliphatic carbocycles. The zero-order valence-electron chi connectivity index (χ0n) is 11.8. The summed E-state index contributed by atoms with van der Waals surface area (Å²) in [6, 6.07) is 15.0. The molecule has 118 valence electrons. The fourth-order valence-corrected chi connectivity index (χ4v) is 3.47. The standard InChI is InChI=1S/C16H12Cl2N2O3/c17-16(18)13(10-5-2-1-3-6-10)14(16)15(21)19-11-7-4-8-12(9-11)20(22)23/h1-9,13-14H,(H,19,21)/t13-,14-/m0/s1. The molecule has 7 heteroatoms. The minimum absolute atomic E-state index is 0.0961. The maximum absolute atomic E-state index is 12.4. The van der Waals surface area contributed by atoms with Gasteiger partial charge in [-0.2, -0.15) is 0 Å². The second kappa shape index (κ2) is 5.83. The summed E-state index contributed by atoms with van der Waals surface area (Å²) >= 11 is 12.5. The lowest BCUT2D eigenvalue weighted by Crippen LogP contribution is -2.17. The smallest absolute Gasteiger partial charge is 0.271 e. The Kier molecular flexibility index (Phi) is 4.00. The number of amides is 1. The molecule has 23 heavy (non-hydrogen) atoms. The van der Waals surface area contributed by atoms with Gasteiger partial charge in [0, 0.05) is 23.7 Å². The van der Waals surface area contributed by atoms with Crippen LogP contribution in [0.2, 0.25) is 0 Å². The molecule has 5 nitrogen and oxygen atoms in total. The Bertz CT molecular complexity index is 765. The van der Waals surface area contributed by atoms with E-state index in [-0.39, 0.29) is 17.5 Å². The molecular formula is C16H12Cl2N2O3. The van der Waals surface area contributed by atoms with Gasteiger partial charge in [0.25, 0.3) is 5.69 Å². The fourth-order valence-electron chi connectivity index (χ4n) is 2.65. The number of non-ortho nitro benzene ring substituents is 1. The molecule has 1 saturated carbocycles. The third-order valence-corrected chi connectivity index (χ3v) is 4.76. The number of nitro benzene ring substituents is 1. The number of benzene rings is 2. The van der Waals surface area contributed by atoms with Crippen molar-refractivity contribution in [3.63, 3.8) is 0 Å². The molecule has 0 bridgehead atoms. The molecule has 0 spiro atoms. The van der Waals surface area contributed by atoms with Gasteiger partial charge in [-0.1, -0.05) is 36.4 Å². The summed E-state index contributed by atoms with van der Waals surface area (Å²) in [6.45, 7) is 0. The molecule has 0 radical (unpaired) electrons. The first-order valence-electron chi connectivity index (χ1n) is 6.89. The molecule has 0 unspecified atom stereocenters. The van der Waals surface area contributed by atoms with Crippen molar-refractivity contribution >= 4 is 40.5 Å². The second-order valence-electron chi connectivity index (χ2n) is 5.34. The number of nitro groups is 1. The minimum Gasteiger partial charge on any atom is -0.325 e. The Morgan fingerprint density at radius 1 is 1.13 bits per heavy atom. The van der Waals surface area contributed by atoms with Crippen molar-refractivity contribution in [1.82, 2.24) is 0 Å². The summed E-state index contributed by atoms with van der Waals surface area (Å²) in [4.78, 5) is 22.7. The molecule has 2 atom stereocenters. The zero-order chi connectivity index (χ0) is 16.6. The largest absolute Gasteiger partial charge is 0.325 e. The molecule has 2 aromatic rings. The molecule has 0 saturated heterocycles. The van der Waals surface area contributed by atoms with Crippen molar-refractivity contribution in [1.29, 1.82) is 0 Å². The second-order valence-corrected chi connectivity index (χ2v) is 6.78. The van der Waals surface area contributed by atoms with E-state index in [0.717, 1.165) is 5.56 Å². The number of alkyl halides is 2. The van der Waals surface area contributed by atoms with Crippen LogP contribution < -0.4 is 5.32 Å². The van der Waals surface area contributed by atoms with Crippen LogP contribution in [-0.4, -0.2) is 15.2 Å². The van der Waals surface area contributed by atoms with Gasteiger partial charge in [0.2, 0.25) is 5.91 Å². The zero-order valence-corrected chi connectivity index (χ0v) is 13.3. The first-order valence-corrected chi connectivity index (χ1v) is 7.65. The summed E-state index contributed by atoms with van der Waals surface area (Å²) in [6.07, 6.45) is 0. The number of carbonyl (C=O) groups is 1. The van der Waals surface area contributed by atoms with E-state index in [1.54, 1.807) is 6.07 Å². The molecule has 1 amide bonds. The Hall–Kier alpha value is -2.11. The lowest BCUT2D eigenvalue weighted by atomic mass is 10.1. The number of anilines is 1. The van der Waals surface area contributed by atoms with Gasteiger partial charge in [0.15, 0.2) is 0 Å². The molecule has 0 aromatic heterocycles. The van der Waals surface area contributed by atoms with Crippen LogP contribution in [0.4, 0.5) is 11.4 Å². The molecule has 2 aromatic carbocycles. The number of rotatable bonds is 4. The molecule has 3 rings (SSSR count). The normalized spacial score (nSPS) is 21.5. The van der Waals surface area contributed by atoms with Crippen molar-refractivity contribution in [3.05, 3.63) is 70.3 Å². The van der Waals surface area contributed by atoms with Crippen LogP contribution in [0.5, 0.6) is 0 Å². The Morgan fingerprint density at radius 2 is 1.83 bits per heavy atom.